The summed E-state index contributed by atoms with van der Waals surface area (Å²) in [7, 11) is 0. The van der Waals surface area contributed by atoms with Gasteiger partial charge < -0.3 is 15.3 Å². The van der Waals surface area contributed by atoms with Crippen LogP contribution in [0.5, 0.6) is 0 Å². The molecule has 0 aliphatic heterocycles. The smallest absolute Gasteiger partial charge is 0.190 e. The molecule has 4 aliphatic carbocycles. The lowest BCUT2D eigenvalue weighted by molar-refractivity contribution is -0.187. The van der Waals surface area contributed by atoms with E-state index >= 15 is 0 Å². The Morgan fingerprint density at radius 3 is 2.67 bits per heavy atom. The van der Waals surface area contributed by atoms with Crippen molar-refractivity contribution in [3.63, 3.8) is 0 Å². The molecule has 0 aromatic rings. The van der Waals surface area contributed by atoms with Gasteiger partial charge in [-0.1, -0.05) is 26.3 Å². The Kier molecular flexibility index (Phi) is 4.27. The number of hydrogen-bond acceptors (Lipinski definition) is 5. The largest absolute Gasteiger partial charge is 0.393 e. The summed E-state index contributed by atoms with van der Waals surface area (Å²) in [6, 6.07) is 0. The number of carbonyl (C=O) groups is 2. The molecule has 4 aliphatic rings. The molecule has 0 amide bonds. The molecule has 150 valence electrons. The molecular formula is C22H32O5. The summed E-state index contributed by atoms with van der Waals surface area (Å²) in [6.45, 7) is 5.36. The Labute approximate surface area is 160 Å². The number of aliphatic hydroxyl groups is 3. The van der Waals surface area contributed by atoms with Crippen LogP contribution in [0.15, 0.2) is 11.6 Å². The number of rotatable bonds is 2. The normalized spacial score (nSPS) is 51.9. The number of fused-ring (bicyclic) bond motifs is 5. The highest BCUT2D eigenvalue weighted by Gasteiger charge is 2.70. The second-order valence-corrected chi connectivity index (χ2v) is 10.1. The zero-order valence-corrected chi connectivity index (χ0v) is 16.6. The molecule has 0 unspecified atom stereocenters. The predicted octanol–water partition coefficient (Wildman–Crippen LogP) is 2.03. The molecule has 3 fully saturated rings. The zero-order valence-electron chi connectivity index (χ0n) is 16.6. The molecule has 3 saturated carbocycles. The lowest BCUT2D eigenvalue weighted by Crippen LogP contribution is -2.63. The Morgan fingerprint density at radius 2 is 2.00 bits per heavy atom. The van der Waals surface area contributed by atoms with Crippen molar-refractivity contribution < 1.29 is 24.9 Å². The van der Waals surface area contributed by atoms with E-state index in [-0.39, 0.29) is 34.9 Å². The van der Waals surface area contributed by atoms with Gasteiger partial charge in [-0.25, -0.2) is 0 Å². The topological polar surface area (TPSA) is 94.8 Å². The molecule has 5 heteroatoms. The quantitative estimate of drug-likeness (QED) is 0.685. The molecule has 0 aromatic carbocycles. The number of Topliss-reactive ketones (excluding diaryl/α,β-unsaturated/α-hetero) is 1. The maximum atomic E-state index is 12.6. The monoisotopic (exact) mass is 376 g/mol. The minimum atomic E-state index is -1.59. The van der Waals surface area contributed by atoms with Crippen LogP contribution in [-0.2, 0) is 9.59 Å². The van der Waals surface area contributed by atoms with Gasteiger partial charge in [-0.2, -0.15) is 0 Å². The summed E-state index contributed by atoms with van der Waals surface area (Å²) < 4.78 is 0. The van der Waals surface area contributed by atoms with E-state index in [1.165, 1.54) is 5.57 Å². The van der Waals surface area contributed by atoms with Gasteiger partial charge in [0.05, 0.1) is 6.10 Å². The molecule has 0 bridgehead atoms. The second-order valence-electron chi connectivity index (χ2n) is 10.1. The Hall–Kier alpha value is -1.04. The number of aliphatic hydroxyl groups excluding tert-OH is 2. The van der Waals surface area contributed by atoms with Gasteiger partial charge in [-0.3, -0.25) is 9.59 Å². The Morgan fingerprint density at radius 1 is 1.30 bits per heavy atom. The van der Waals surface area contributed by atoms with E-state index < -0.39 is 29.5 Å². The number of carbonyl (C=O) groups excluding carboxylic acids is 2. The molecule has 0 spiro atoms. The average molecular weight is 376 g/mol. The first kappa shape index (κ1) is 19.3. The first-order valence-electron chi connectivity index (χ1n) is 10.4. The molecular weight excluding hydrogens is 344 g/mol. The van der Waals surface area contributed by atoms with Crippen molar-refractivity contribution in [2.24, 2.45) is 34.5 Å². The first-order chi connectivity index (χ1) is 12.6. The molecule has 8 atom stereocenters. The Balaban J connectivity index is 1.77. The van der Waals surface area contributed by atoms with E-state index in [9.17, 15) is 24.9 Å². The number of ketones is 2. The molecule has 0 radical (unpaired) electrons. The number of hydrogen-bond donors (Lipinski definition) is 3. The maximum Gasteiger partial charge on any atom is 0.190 e. The fourth-order valence-corrected chi connectivity index (χ4v) is 7.74. The lowest BCUT2D eigenvalue weighted by atomic mass is 9.45. The van der Waals surface area contributed by atoms with E-state index in [1.807, 2.05) is 19.9 Å². The molecule has 0 aromatic heterocycles. The van der Waals surface area contributed by atoms with Crippen LogP contribution in [0.2, 0.25) is 0 Å². The molecule has 27 heavy (non-hydrogen) atoms. The summed E-state index contributed by atoms with van der Waals surface area (Å²) in [4.78, 5) is 24.5. The maximum absolute atomic E-state index is 12.6. The van der Waals surface area contributed by atoms with Crippen LogP contribution in [0.25, 0.3) is 0 Å². The van der Waals surface area contributed by atoms with Crippen LogP contribution in [-0.4, -0.2) is 45.2 Å². The molecule has 3 N–H and O–H groups in total. The molecule has 0 saturated heterocycles. The van der Waals surface area contributed by atoms with Gasteiger partial charge in [0, 0.05) is 11.8 Å². The first-order valence-corrected chi connectivity index (χ1v) is 10.4. The van der Waals surface area contributed by atoms with E-state index in [4.69, 9.17) is 0 Å². The van der Waals surface area contributed by atoms with Crippen molar-refractivity contribution >= 4 is 11.6 Å². The van der Waals surface area contributed by atoms with Crippen molar-refractivity contribution in [1.82, 2.24) is 0 Å². The minimum Gasteiger partial charge on any atom is -0.393 e. The van der Waals surface area contributed by atoms with E-state index in [0.29, 0.717) is 12.8 Å². The Bertz CT molecular complexity index is 713. The third-order valence-electron chi connectivity index (χ3n) is 9.05. The molecule has 4 rings (SSSR count). The van der Waals surface area contributed by atoms with Crippen LogP contribution in [0.3, 0.4) is 0 Å². The highest BCUT2D eigenvalue weighted by Crippen LogP contribution is 2.68. The van der Waals surface area contributed by atoms with Crippen molar-refractivity contribution in [2.75, 3.05) is 6.61 Å². The van der Waals surface area contributed by atoms with Crippen LogP contribution >= 0.6 is 0 Å². The van der Waals surface area contributed by atoms with Crippen molar-refractivity contribution in [1.29, 1.82) is 0 Å². The van der Waals surface area contributed by atoms with Crippen molar-refractivity contribution in [2.45, 2.75) is 71.0 Å². The molecule has 5 nitrogen and oxygen atoms in total. The van der Waals surface area contributed by atoms with Crippen LogP contribution in [0.1, 0.15) is 59.3 Å². The van der Waals surface area contributed by atoms with E-state index in [2.05, 4.69) is 6.92 Å². The fraction of sp³-hybridized carbons (Fsp3) is 0.818. The van der Waals surface area contributed by atoms with Crippen molar-refractivity contribution in [3.05, 3.63) is 11.6 Å². The third-order valence-corrected chi connectivity index (χ3v) is 9.05. The third kappa shape index (κ3) is 2.28. The number of allylic oxidation sites excluding steroid dienone is 1. The van der Waals surface area contributed by atoms with Gasteiger partial charge in [0.2, 0.25) is 0 Å². The standard InChI is InChI=1S/C22H32O5/c1-12-8-16-15-5-4-13-9-14(24)6-7-20(13,2)19(15)17(25)10-21(16,3)22(12,27)18(26)11-23/h9,12,15-17,19,23,25,27H,4-8,10-11H2,1-3H3/t12-,15+,16-,17+,19-,20+,21-,22+/m1/s1. The van der Waals surface area contributed by atoms with Gasteiger partial charge in [-0.05, 0) is 67.3 Å². The highest BCUT2D eigenvalue weighted by molar-refractivity contribution is 5.92. The second kappa shape index (κ2) is 5.98. The van der Waals surface area contributed by atoms with Gasteiger partial charge in [-0.15, -0.1) is 0 Å². The van der Waals surface area contributed by atoms with Crippen LogP contribution < -0.4 is 0 Å². The van der Waals surface area contributed by atoms with Gasteiger partial charge in [0.15, 0.2) is 11.6 Å². The minimum absolute atomic E-state index is 0.0578. The highest BCUT2D eigenvalue weighted by atomic mass is 16.3. The van der Waals surface area contributed by atoms with Gasteiger partial charge in [0.25, 0.3) is 0 Å². The summed E-state index contributed by atoms with van der Waals surface area (Å²) in [5.74, 6) is -0.155. The summed E-state index contributed by atoms with van der Waals surface area (Å²) in [6.07, 6.45) is 5.32. The van der Waals surface area contributed by atoms with Crippen LogP contribution in [0.4, 0.5) is 0 Å². The van der Waals surface area contributed by atoms with E-state index in [1.54, 1.807) is 0 Å². The summed E-state index contributed by atoms with van der Waals surface area (Å²) in [5, 5.41) is 32.2. The average Bonchev–Trinajstić information content (AvgIpc) is 2.82. The van der Waals surface area contributed by atoms with Gasteiger partial charge in [0.1, 0.15) is 12.2 Å². The SMILES string of the molecule is C[C@@H]1C[C@@H]2[C@@H]3CCC4=CC(=O)CC[C@]4(C)[C@H]3[C@@H](O)C[C@@]2(C)[C@@]1(O)C(=O)CO. The van der Waals surface area contributed by atoms with Crippen molar-refractivity contribution in [3.8, 4) is 0 Å². The van der Waals surface area contributed by atoms with E-state index in [0.717, 1.165) is 25.7 Å². The summed E-state index contributed by atoms with van der Waals surface area (Å²) in [5.41, 5.74) is -1.31. The fourth-order valence-electron chi connectivity index (χ4n) is 7.74. The predicted molar refractivity (Wildman–Crippen MR) is 99.7 cm³/mol. The summed E-state index contributed by atoms with van der Waals surface area (Å²) >= 11 is 0. The lowest BCUT2D eigenvalue weighted by Gasteiger charge is -2.60. The van der Waals surface area contributed by atoms with Crippen LogP contribution in [0, 0.1) is 34.5 Å². The zero-order chi connectivity index (χ0) is 19.8. The van der Waals surface area contributed by atoms with Gasteiger partial charge >= 0.3 is 0 Å². The molecule has 0 heterocycles.